The first-order valence-electron chi connectivity index (χ1n) is 23.7. The zero-order valence-corrected chi connectivity index (χ0v) is 41.4. The third-order valence-electron chi connectivity index (χ3n) is 12.6. The van der Waals surface area contributed by atoms with Gasteiger partial charge in [0.05, 0.1) is 6.61 Å². The lowest BCUT2D eigenvalue weighted by Crippen LogP contribution is -2.81. The number of para-hydroxylation sites is 1. The van der Waals surface area contributed by atoms with E-state index in [2.05, 4.69) is 36.8 Å². The molecule has 0 fully saturated rings. The Kier molecular flexibility index (Phi) is 23.4. The van der Waals surface area contributed by atoms with E-state index in [9.17, 15) is 65.9 Å². The molecule has 426 valence electrons. The van der Waals surface area contributed by atoms with Gasteiger partial charge in [-0.2, -0.15) is 13.2 Å². The largest absolute Gasteiger partial charge is 0.488 e. The van der Waals surface area contributed by atoms with Crippen LogP contribution in [0.15, 0.2) is 29.2 Å². The summed E-state index contributed by atoms with van der Waals surface area (Å²) in [4.78, 5) is 1.33. The molecule has 0 aromatic heterocycles. The highest BCUT2D eigenvalue weighted by Gasteiger charge is 2.52. The quantitative estimate of drug-likeness (QED) is 0.0149. The Morgan fingerprint density at radius 2 is 0.545 bits per heavy atom. The number of alkyl halides is 3. The van der Waals surface area contributed by atoms with Crippen LogP contribution in [0.1, 0.15) is 109 Å². The summed E-state index contributed by atoms with van der Waals surface area (Å²) in [5.74, 6) is -70.3. The van der Waals surface area contributed by atoms with E-state index < -0.39 is 157 Å². The molecule has 0 spiro atoms. The van der Waals surface area contributed by atoms with Crippen LogP contribution in [0.5, 0.6) is 5.75 Å². The van der Waals surface area contributed by atoms with E-state index in [4.69, 9.17) is 4.74 Å². The minimum absolute atomic E-state index is 0.231. The van der Waals surface area contributed by atoms with Crippen LogP contribution in [0.2, 0.25) is 0 Å². The third kappa shape index (κ3) is 14.3. The molecular formula is C51H46BF23OS. The maximum Gasteiger partial charge on any atom is 0.389 e. The van der Waals surface area contributed by atoms with Gasteiger partial charge < -0.3 is 4.74 Å². The van der Waals surface area contributed by atoms with Crippen molar-refractivity contribution < 1.29 is 106 Å². The Hall–Kier alpha value is -5.30. The zero-order valence-electron chi connectivity index (χ0n) is 40.6. The van der Waals surface area contributed by atoms with Crippen molar-refractivity contribution in [3.63, 3.8) is 0 Å². The SMILES string of the molecule is C[S+](C)c1ccccc1OCCCCCCCCCCCCCCCCCCC(F)(F)F.Fc1c(F)c(F)c([B-](c2c(F)c(F)c(F)c(F)c2F)(c2c(F)c(F)c(F)c(F)c2F)c2c(F)c(F)c(F)c(F)c2F)c(F)c1F. The number of rotatable bonds is 24. The van der Waals surface area contributed by atoms with Gasteiger partial charge in [0.1, 0.15) is 65.2 Å². The van der Waals surface area contributed by atoms with Crippen LogP contribution in [0.3, 0.4) is 0 Å². The molecule has 0 radical (unpaired) electrons. The fraction of sp³-hybridized carbons (Fsp3) is 0.412. The van der Waals surface area contributed by atoms with Crippen LogP contribution in [0.25, 0.3) is 0 Å². The van der Waals surface area contributed by atoms with Crippen molar-refractivity contribution in [2.24, 2.45) is 0 Å². The molecular weight excluding hydrogens is 1110 g/mol. The van der Waals surface area contributed by atoms with Crippen molar-refractivity contribution in [3.05, 3.63) is 141 Å². The summed E-state index contributed by atoms with van der Waals surface area (Å²) in [5.41, 5.74) is -14.3. The van der Waals surface area contributed by atoms with Gasteiger partial charge in [-0.15, -0.1) is 21.9 Å². The maximum absolute atomic E-state index is 15.4. The van der Waals surface area contributed by atoms with E-state index in [1.165, 1.54) is 75.5 Å². The molecule has 0 saturated heterocycles. The first-order chi connectivity index (χ1) is 36.1. The van der Waals surface area contributed by atoms with Crippen molar-refractivity contribution in [3.8, 4) is 5.75 Å². The fourth-order valence-electron chi connectivity index (χ4n) is 8.87. The van der Waals surface area contributed by atoms with Crippen LogP contribution in [-0.2, 0) is 10.9 Å². The lowest BCUT2D eigenvalue weighted by atomic mass is 9.12. The predicted octanol–water partition coefficient (Wildman–Crippen LogP) is 15.3. The van der Waals surface area contributed by atoms with Crippen molar-refractivity contribution in [1.29, 1.82) is 0 Å². The summed E-state index contributed by atoms with van der Waals surface area (Å²) >= 11 is 0. The molecule has 0 bridgehead atoms. The minimum Gasteiger partial charge on any atom is -0.488 e. The zero-order chi connectivity index (χ0) is 57.9. The Morgan fingerprint density at radius 3 is 0.792 bits per heavy atom. The minimum atomic E-state index is -7.22. The van der Waals surface area contributed by atoms with Crippen molar-refractivity contribution >= 4 is 38.9 Å². The van der Waals surface area contributed by atoms with Gasteiger partial charge in [-0.05, 0) is 25.0 Å². The molecule has 0 aliphatic carbocycles. The maximum atomic E-state index is 15.4. The average molecular weight is 1150 g/mol. The van der Waals surface area contributed by atoms with Gasteiger partial charge in [-0.3, -0.25) is 0 Å². The smallest absolute Gasteiger partial charge is 0.389 e. The molecule has 0 amide bonds. The van der Waals surface area contributed by atoms with Gasteiger partial charge in [-0.1, -0.05) is 102 Å². The first kappa shape index (κ1) is 64.2. The van der Waals surface area contributed by atoms with E-state index in [1.54, 1.807) is 0 Å². The molecule has 5 aromatic rings. The van der Waals surface area contributed by atoms with E-state index in [0.717, 1.165) is 38.0 Å². The van der Waals surface area contributed by atoms with Crippen molar-refractivity contribution in [1.82, 2.24) is 0 Å². The molecule has 0 aliphatic heterocycles. The summed E-state index contributed by atoms with van der Waals surface area (Å²) in [6, 6.07) is 8.40. The highest BCUT2D eigenvalue weighted by molar-refractivity contribution is 7.95. The molecule has 0 heterocycles. The molecule has 5 aromatic carbocycles. The number of ether oxygens (including phenoxy) is 1. The molecule has 5 rings (SSSR count). The topological polar surface area (TPSA) is 9.23 Å². The number of halogens is 23. The fourth-order valence-corrected chi connectivity index (χ4v) is 9.75. The van der Waals surface area contributed by atoms with Crippen LogP contribution < -0.4 is 26.6 Å². The van der Waals surface area contributed by atoms with Crippen LogP contribution in [0, 0.1) is 116 Å². The molecule has 0 unspecified atom stereocenters. The normalized spacial score (nSPS) is 12.0. The Labute approximate surface area is 429 Å². The van der Waals surface area contributed by atoms with Gasteiger partial charge in [-0.25, -0.2) is 87.8 Å². The molecule has 0 N–H and O–H groups in total. The molecule has 0 saturated carbocycles. The number of unbranched alkanes of at least 4 members (excludes halogenated alkanes) is 15. The second-order valence-electron chi connectivity index (χ2n) is 17.9. The van der Waals surface area contributed by atoms with Gasteiger partial charge in [0.2, 0.25) is 0 Å². The first-order valence-corrected chi connectivity index (χ1v) is 25.7. The predicted molar refractivity (Wildman–Crippen MR) is 243 cm³/mol. The summed E-state index contributed by atoms with van der Waals surface area (Å²) in [6.45, 7) is 0.821. The van der Waals surface area contributed by atoms with E-state index in [0.29, 0.717) is 6.42 Å². The molecule has 0 atom stereocenters. The van der Waals surface area contributed by atoms with Crippen molar-refractivity contribution in [2.75, 3.05) is 19.1 Å². The summed E-state index contributed by atoms with van der Waals surface area (Å²) in [6.07, 6.45) is 11.1. The van der Waals surface area contributed by atoms with Gasteiger partial charge in [0.15, 0.2) is 80.5 Å². The number of hydrogen-bond acceptors (Lipinski definition) is 1. The molecule has 26 heteroatoms. The van der Waals surface area contributed by atoms with Crippen LogP contribution in [-0.4, -0.2) is 31.4 Å². The average Bonchev–Trinajstić information content (AvgIpc) is 3.53. The second-order valence-corrected chi connectivity index (χ2v) is 20.0. The van der Waals surface area contributed by atoms with Gasteiger partial charge in [0.25, 0.3) is 0 Å². The number of benzene rings is 5. The molecule has 1 nitrogen and oxygen atoms in total. The lowest BCUT2D eigenvalue weighted by Gasteiger charge is -2.44. The van der Waals surface area contributed by atoms with E-state index in [1.807, 2.05) is 0 Å². The van der Waals surface area contributed by atoms with Crippen molar-refractivity contribution in [2.45, 2.75) is 120 Å². The van der Waals surface area contributed by atoms with E-state index in [-0.39, 0.29) is 10.9 Å². The van der Waals surface area contributed by atoms with E-state index >= 15 is 35.1 Å². The van der Waals surface area contributed by atoms with Crippen LogP contribution >= 0.6 is 0 Å². The molecule has 77 heavy (non-hydrogen) atoms. The Bertz CT molecular complexity index is 2460. The highest BCUT2D eigenvalue weighted by atomic mass is 32.2. The summed E-state index contributed by atoms with van der Waals surface area (Å²) < 4.78 is 336. The molecule has 0 aliphatic rings. The summed E-state index contributed by atoms with van der Waals surface area (Å²) in [7, 11) is 0.231. The Balaban J connectivity index is 0.000000354. The summed E-state index contributed by atoms with van der Waals surface area (Å²) in [5, 5.41) is 0. The Morgan fingerprint density at radius 1 is 0.325 bits per heavy atom. The lowest BCUT2D eigenvalue weighted by molar-refractivity contribution is -0.135. The highest BCUT2D eigenvalue weighted by Crippen LogP contribution is 2.32. The number of hydrogen-bond donors (Lipinski definition) is 0. The third-order valence-corrected chi connectivity index (χ3v) is 13.8. The standard InChI is InChI=1S/C27H46F3OS.C24BF20/c1-32(2)26-22-18-17-21-25(26)31-24-20-16-14-12-10-8-6-4-3-5-7-9-11-13-15-19-23-27(28,29)30;26-5-1(6(27)14(35)21(42)13(5)34)25(2-7(28)15(36)22(43)16(37)8(2)29,3-9(30)17(38)23(44)18(39)10(3)31)4-11(32)19(40)24(45)20(41)12(4)33/h17-18,21-22H,3-16,19-20,23-24H2,1-2H3;/q+1;-1. The van der Waals surface area contributed by atoms with Crippen LogP contribution in [0.4, 0.5) is 101 Å². The van der Waals surface area contributed by atoms with Gasteiger partial charge >= 0.3 is 6.18 Å². The van der Waals surface area contributed by atoms with Gasteiger partial charge in [0, 0.05) is 17.3 Å². The monoisotopic (exact) mass is 1150 g/mol. The second kappa shape index (κ2) is 28.0.